The summed E-state index contributed by atoms with van der Waals surface area (Å²) in [6.45, 7) is 14.1. The highest BCUT2D eigenvalue weighted by Crippen LogP contribution is 2.43. The van der Waals surface area contributed by atoms with Gasteiger partial charge in [0, 0.05) is 51.0 Å². The summed E-state index contributed by atoms with van der Waals surface area (Å²) < 4.78 is 15.6. The Hall–Kier alpha value is -6.45. The monoisotopic (exact) mass is 634 g/mol. The largest absolute Gasteiger partial charge is 0.457 e. The quantitative estimate of drug-likeness (QED) is 0.181. The molecule has 5 aromatic carbocycles. The van der Waals surface area contributed by atoms with E-state index in [0.29, 0.717) is 17.2 Å². The predicted octanol–water partition coefficient (Wildman–Crippen LogP) is 11.9. The highest BCUT2D eigenvalue weighted by molar-refractivity contribution is 6.18. The molecule has 9 aromatic rings. The van der Waals surface area contributed by atoms with Crippen molar-refractivity contribution in [1.29, 1.82) is 0 Å². The van der Waals surface area contributed by atoms with Gasteiger partial charge in [-0.25, -0.2) is 9.83 Å². The zero-order valence-electron chi connectivity index (χ0n) is 27.2. The van der Waals surface area contributed by atoms with Gasteiger partial charge in [0.25, 0.3) is 0 Å². The van der Waals surface area contributed by atoms with Crippen molar-refractivity contribution in [3.8, 4) is 28.6 Å². The average Bonchev–Trinajstić information content (AvgIpc) is 3.67. The Labute approximate surface area is 282 Å². The molecule has 9 rings (SSSR count). The second kappa shape index (κ2) is 10.8. The summed E-state index contributed by atoms with van der Waals surface area (Å²) >= 11 is 0. The maximum Gasteiger partial charge on any atom is 0.187 e. The van der Waals surface area contributed by atoms with Gasteiger partial charge in [-0.15, -0.1) is 0 Å². The smallest absolute Gasteiger partial charge is 0.187 e. The summed E-state index contributed by atoms with van der Waals surface area (Å²) in [6, 6.07) is 38.7. The number of para-hydroxylation sites is 1. The number of rotatable bonds is 4. The molecule has 6 nitrogen and oxygen atoms in total. The van der Waals surface area contributed by atoms with Gasteiger partial charge in [0.2, 0.25) is 0 Å². The second-order valence-corrected chi connectivity index (χ2v) is 13.4. The molecule has 0 amide bonds. The molecule has 4 aromatic heterocycles. The fourth-order valence-electron chi connectivity index (χ4n) is 6.87. The van der Waals surface area contributed by atoms with Crippen LogP contribution in [0.3, 0.4) is 0 Å². The Kier molecular flexibility index (Phi) is 6.33. The van der Waals surface area contributed by atoms with Crippen LogP contribution in [0.2, 0.25) is 0 Å². The van der Waals surface area contributed by atoms with E-state index in [9.17, 15) is 0 Å². The SMILES string of the molecule is [C-]#[N+]c1ccc2c(ccc3c4cc(Oc5ccc6c7ccccc7n(-c7cc(C(C)(C)C)ccn7)c6c5)cc(-c5ccccn5)c4oc23)c1. The standard InChI is InChI=1S/C43H30N4O2/c1-43(2,3)27-18-20-46-40(22-27)47-38-11-6-5-9-32(38)33-17-14-29(25-39(33)47)48-30-23-35-34-15-12-26-21-28(44-4)13-16-31(26)41(34)49-42(35)36(24-30)37-10-7-8-19-45-37/h5-25H,1-3H3. The topological polar surface area (TPSA) is 57.4 Å². The molecule has 0 atom stereocenters. The first-order chi connectivity index (χ1) is 23.9. The van der Waals surface area contributed by atoms with Crippen molar-refractivity contribution < 1.29 is 9.15 Å². The van der Waals surface area contributed by atoms with E-state index in [1.165, 1.54) is 5.56 Å². The summed E-state index contributed by atoms with van der Waals surface area (Å²) in [4.78, 5) is 13.1. The number of pyridine rings is 2. The summed E-state index contributed by atoms with van der Waals surface area (Å²) in [6.07, 6.45) is 3.68. The van der Waals surface area contributed by atoms with Crippen molar-refractivity contribution in [2.45, 2.75) is 26.2 Å². The summed E-state index contributed by atoms with van der Waals surface area (Å²) in [7, 11) is 0. The van der Waals surface area contributed by atoms with E-state index < -0.39 is 0 Å². The van der Waals surface area contributed by atoms with E-state index in [1.807, 2.05) is 66.9 Å². The number of fused-ring (bicyclic) bond motifs is 8. The van der Waals surface area contributed by atoms with Gasteiger partial charge in [-0.2, -0.15) is 0 Å². The Morgan fingerprint density at radius 3 is 2.31 bits per heavy atom. The average molecular weight is 635 g/mol. The van der Waals surface area contributed by atoms with Gasteiger partial charge in [-0.3, -0.25) is 9.55 Å². The van der Waals surface area contributed by atoms with E-state index in [2.05, 4.69) is 89.8 Å². The minimum Gasteiger partial charge on any atom is -0.457 e. The van der Waals surface area contributed by atoms with Crippen LogP contribution in [0, 0.1) is 6.57 Å². The van der Waals surface area contributed by atoms with E-state index >= 15 is 0 Å². The molecule has 0 saturated heterocycles. The Balaban J connectivity index is 1.23. The van der Waals surface area contributed by atoms with Crippen LogP contribution < -0.4 is 4.74 Å². The first-order valence-corrected chi connectivity index (χ1v) is 16.3. The van der Waals surface area contributed by atoms with Gasteiger partial charge in [0.1, 0.15) is 28.5 Å². The Morgan fingerprint density at radius 1 is 0.653 bits per heavy atom. The highest BCUT2D eigenvalue weighted by atomic mass is 16.5. The van der Waals surface area contributed by atoms with Gasteiger partial charge in [-0.05, 0) is 83.1 Å². The van der Waals surface area contributed by atoms with Gasteiger partial charge in [0.15, 0.2) is 5.69 Å². The maximum absolute atomic E-state index is 7.44. The first-order valence-electron chi connectivity index (χ1n) is 16.3. The number of furan rings is 1. The molecule has 0 aliphatic carbocycles. The molecule has 0 spiro atoms. The number of hydrogen-bond donors (Lipinski definition) is 0. The lowest BCUT2D eigenvalue weighted by atomic mass is 9.88. The van der Waals surface area contributed by atoms with Crippen molar-refractivity contribution >= 4 is 60.2 Å². The molecule has 0 saturated carbocycles. The Morgan fingerprint density at radius 2 is 1.47 bits per heavy atom. The first kappa shape index (κ1) is 28.7. The fourth-order valence-corrected chi connectivity index (χ4v) is 6.87. The van der Waals surface area contributed by atoms with Gasteiger partial charge >= 0.3 is 0 Å². The predicted molar refractivity (Wildman–Crippen MR) is 198 cm³/mol. The van der Waals surface area contributed by atoms with E-state index in [1.54, 1.807) is 6.20 Å². The van der Waals surface area contributed by atoms with Crippen molar-refractivity contribution in [3.05, 3.63) is 145 Å². The van der Waals surface area contributed by atoms with Gasteiger partial charge in [0.05, 0.1) is 23.3 Å². The lowest BCUT2D eigenvalue weighted by molar-refractivity contribution is 0.484. The van der Waals surface area contributed by atoms with Crippen molar-refractivity contribution in [1.82, 2.24) is 14.5 Å². The summed E-state index contributed by atoms with van der Waals surface area (Å²) in [5.74, 6) is 2.25. The number of aromatic nitrogens is 3. The van der Waals surface area contributed by atoms with Crippen LogP contribution >= 0.6 is 0 Å². The molecule has 0 aliphatic heterocycles. The van der Waals surface area contributed by atoms with E-state index in [-0.39, 0.29) is 5.41 Å². The summed E-state index contributed by atoms with van der Waals surface area (Å²) in [5.41, 5.74) is 7.05. The zero-order valence-corrected chi connectivity index (χ0v) is 27.2. The van der Waals surface area contributed by atoms with Crippen LogP contribution in [0.15, 0.2) is 132 Å². The molecule has 0 unspecified atom stereocenters. The third-order valence-corrected chi connectivity index (χ3v) is 9.30. The van der Waals surface area contributed by atoms with E-state index in [0.717, 1.165) is 71.6 Å². The minimum absolute atomic E-state index is 0.0150. The maximum atomic E-state index is 7.44. The number of nitrogens with zero attached hydrogens (tertiary/aromatic N) is 4. The highest BCUT2D eigenvalue weighted by Gasteiger charge is 2.20. The van der Waals surface area contributed by atoms with Crippen LogP contribution in [0.5, 0.6) is 11.5 Å². The molecule has 0 N–H and O–H groups in total. The number of hydrogen-bond acceptors (Lipinski definition) is 4. The van der Waals surface area contributed by atoms with Crippen molar-refractivity contribution in [2.75, 3.05) is 0 Å². The minimum atomic E-state index is -0.0150. The van der Waals surface area contributed by atoms with Crippen LogP contribution in [0.4, 0.5) is 5.69 Å². The lowest BCUT2D eigenvalue weighted by Gasteiger charge is -2.20. The van der Waals surface area contributed by atoms with E-state index in [4.69, 9.17) is 20.7 Å². The molecule has 0 fully saturated rings. The molecule has 4 heterocycles. The van der Waals surface area contributed by atoms with Crippen LogP contribution in [-0.4, -0.2) is 14.5 Å². The number of ether oxygens (including phenoxy) is 1. The second-order valence-electron chi connectivity index (χ2n) is 13.4. The van der Waals surface area contributed by atoms with Crippen LogP contribution in [0.1, 0.15) is 26.3 Å². The van der Waals surface area contributed by atoms with Crippen molar-refractivity contribution in [2.24, 2.45) is 0 Å². The van der Waals surface area contributed by atoms with Crippen molar-refractivity contribution in [3.63, 3.8) is 0 Å². The molecule has 49 heavy (non-hydrogen) atoms. The molecule has 0 aliphatic rings. The fraction of sp³-hybridized carbons (Fsp3) is 0.0930. The molecular weight excluding hydrogens is 604 g/mol. The summed E-state index contributed by atoms with van der Waals surface area (Å²) in [5, 5.41) is 6.11. The van der Waals surface area contributed by atoms with Gasteiger partial charge in [-0.1, -0.05) is 63.2 Å². The molecule has 234 valence electrons. The zero-order chi connectivity index (χ0) is 33.3. The lowest BCUT2D eigenvalue weighted by Crippen LogP contribution is -2.12. The Bertz CT molecular complexity index is 2800. The third kappa shape index (κ3) is 4.70. The van der Waals surface area contributed by atoms with Crippen LogP contribution in [0.25, 0.3) is 76.4 Å². The molecule has 0 radical (unpaired) electrons. The van der Waals surface area contributed by atoms with Crippen LogP contribution in [-0.2, 0) is 5.41 Å². The third-order valence-electron chi connectivity index (χ3n) is 9.30. The molecule has 6 heteroatoms. The molecule has 0 bridgehead atoms. The number of benzene rings is 5. The van der Waals surface area contributed by atoms with Gasteiger partial charge < -0.3 is 9.15 Å². The molecular formula is C43H30N4O2. The normalized spacial score (nSPS) is 12.0.